The van der Waals surface area contributed by atoms with Crippen molar-refractivity contribution in [1.82, 2.24) is 0 Å². The molecule has 0 spiro atoms. The minimum absolute atomic E-state index is 0.0194. The third-order valence-electron chi connectivity index (χ3n) is 7.15. The Morgan fingerprint density at radius 2 is 1.03 bits per heavy atom. The lowest BCUT2D eigenvalue weighted by atomic mass is 9.75. The smallest absolute Gasteiger partial charge is 0.305 e. The average Bonchev–Trinajstić information content (AvgIpc) is 2.73. The summed E-state index contributed by atoms with van der Waals surface area (Å²) < 4.78 is 11.1. The highest BCUT2D eigenvalue weighted by molar-refractivity contribution is 5.69. The van der Waals surface area contributed by atoms with Crippen molar-refractivity contribution < 1.29 is 19.1 Å². The molecule has 2 aliphatic carbocycles. The van der Waals surface area contributed by atoms with E-state index in [9.17, 15) is 9.59 Å². The summed E-state index contributed by atoms with van der Waals surface area (Å²) in [6.45, 7) is 13.8. The molecule has 0 amide bonds. The lowest BCUT2D eigenvalue weighted by Gasteiger charge is -2.32. The second kappa shape index (κ2) is 13.1. The summed E-state index contributed by atoms with van der Waals surface area (Å²) >= 11 is 0. The largest absolute Gasteiger partial charge is 0.465 e. The highest BCUT2D eigenvalue weighted by atomic mass is 16.5. The Hall–Kier alpha value is -2.10. The van der Waals surface area contributed by atoms with Gasteiger partial charge in [-0.3, -0.25) is 9.59 Å². The first-order valence-corrected chi connectivity index (χ1v) is 13.1. The van der Waals surface area contributed by atoms with Gasteiger partial charge in [0.1, 0.15) is 0 Å². The number of hydrogen-bond donors (Lipinski definition) is 0. The van der Waals surface area contributed by atoms with Crippen LogP contribution in [0.2, 0.25) is 0 Å². The quantitative estimate of drug-likeness (QED) is 0.206. The number of unbranched alkanes of at least 4 members (excludes halogenated alkanes) is 5. The number of carbonyl (C=O) groups is 2. The Morgan fingerprint density at radius 1 is 0.676 bits per heavy atom. The number of hydrogen-bond acceptors (Lipinski definition) is 4. The summed E-state index contributed by atoms with van der Waals surface area (Å²) in [4.78, 5) is 24.2. The topological polar surface area (TPSA) is 52.6 Å². The van der Waals surface area contributed by atoms with Gasteiger partial charge in [0.05, 0.1) is 13.2 Å². The molecule has 0 fully saturated rings. The highest BCUT2D eigenvalue weighted by Gasteiger charge is 2.29. The maximum absolute atomic E-state index is 12.1. The molecule has 2 atom stereocenters. The van der Waals surface area contributed by atoms with E-state index in [1.165, 1.54) is 11.1 Å². The van der Waals surface area contributed by atoms with Crippen LogP contribution in [0.1, 0.15) is 92.9 Å². The monoisotopic (exact) mass is 470 g/mol. The van der Waals surface area contributed by atoms with E-state index in [1.54, 1.807) is 0 Å². The van der Waals surface area contributed by atoms with Gasteiger partial charge in [-0.05, 0) is 37.5 Å². The Morgan fingerprint density at radius 3 is 1.38 bits per heavy atom. The van der Waals surface area contributed by atoms with Gasteiger partial charge in [-0.25, -0.2) is 0 Å². The van der Waals surface area contributed by atoms with E-state index in [2.05, 4.69) is 78.0 Å². The second-order valence-electron chi connectivity index (χ2n) is 11.3. The SMILES string of the molecule is CC1=CC(C)(C)C(COC(=O)CCCCCCCCC(=O)OCC2C=CC(C)=CC2(C)C)C=C1. The first-order valence-electron chi connectivity index (χ1n) is 13.1. The van der Waals surface area contributed by atoms with Gasteiger partial charge in [-0.1, -0.05) is 101 Å². The van der Waals surface area contributed by atoms with Crippen LogP contribution in [0.15, 0.2) is 47.6 Å². The Labute approximate surface area is 207 Å². The molecule has 0 saturated carbocycles. The van der Waals surface area contributed by atoms with E-state index in [0.29, 0.717) is 26.1 Å². The fourth-order valence-corrected chi connectivity index (χ4v) is 4.81. The standard InChI is InChI=1S/C30H46O4/c1-23-15-17-25(29(3,4)19-23)21-33-27(31)13-11-9-7-8-10-12-14-28(32)34-22-26-18-16-24(2)20-30(26,5)6/h15-20,25-26H,7-14,21-22H2,1-6H3. The van der Waals surface area contributed by atoms with Crippen LogP contribution in [0.3, 0.4) is 0 Å². The van der Waals surface area contributed by atoms with E-state index < -0.39 is 0 Å². The predicted molar refractivity (Wildman–Crippen MR) is 139 cm³/mol. The molecule has 0 aromatic carbocycles. The Balaban J connectivity index is 1.46. The molecule has 0 N–H and O–H groups in total. The van der Waals surface area contributed by atoms with Crippen molar-refractivity contribution in [2.45, 2.75) is 92.9 Å². The summed E-state index contributed by atoms with van der Waals surface area (Å²) in [5, 5.41) is 0. The van der Waals surface area contributed by atoms with Crippen molar-refractivity contribution >= 4 is 11.9 Å². The fourth-order valence-electron chi connectivity index (χ4n) is 4.81. The normalized spacial score (nSPS) is 22.6. The van der Waals surface area contributed by atoms with E-state index in [0.717, 1.165) is 38.5 Å². The summed E-state index contributed by atoms with van der Waals surface area (Å²) in [7, 11) is 0. The van der Waals surface area contributed by atoms with Crippen LogP contribution in [0, 0.1) is 22.7 Å². The summed E-state index contributed by atoms with van der Waals surface area (Å²) in [5.41, 5.74) is 2.56. The molecule has 0 aromatic rings. The zero-order valence-corrected chi connectivity index (χ0v) is 22.3. The van der Waals surface area contributed by atoms with Crippen LogP contribution in [-0.4, -0.2) is 25.2 Å². The number of carbonyl (C=O) groups excluding carboxylic acids is 2. The Bertz CT molecular complexity index is 742. The van der Waals surface area contributed by atoms with Gasteiger partial charge in [0.2, 0.25) is 0 Å². The molecule has 2 aliphatic rings. The molecular formula is C30H46O4. The lowest BCUT2D eigenvalue weighted by Crippen LogP contribution is -2.28. The summed E-state index contributed by atoms with van der Waals surface area (Å²) in [5.74, 6) is 0.275. The third kappa shape index (κ3) is 9.64. The van der Waals surface area contributed by atoms with Crippen molar-refractivity contribution in [2.24, 2.45) is 22.7 Å². The molecule has 0 aromatic heterocycles. The molecule has 0 saturated heterocycles. The van der Waals surface area contributed by atoms with Crippen molar-refractivity contribution in [3.63, 3.8) is 0 Å². The molecule has 2 unspecified atom stereocenters. The minimum atomic E-state index is -0.0974. The number of rotatable bonds is 13. The molecule has 2 rings (SSSR count). The minimum Gasteiger partial charge on any atom is -0.465 e. The van der Waals surface area contributed by atoms with E-state index >= 15 is 0 Å². The van der Waals surface area contributed by atoms with Crippen LogP contribution in [0.5, 0.6) is 0 Å². The van der Waals surface area contributed by atoms with E-state index in [1.807, 2.05) is 0 Å². The number of esters is 2. The first-order chi connectivity index (χ1) is 16.0. The van der Waals surface area contributed by atoms with E-state index in [4.69, 9.17) is 9.47 Å². The van der Waals surface area contributed by atoms with Crippen LogP contribution in [0.4, 0.5) is 0 Å². The molecule has 34 heavy (non-hydrogen) atoms. The predicted octanol–water partition coefficient (Wildman–Crippen LogP) is 7.51. The third-order valence-corrected chi connectivity index (χ3v) is 7.15. The van der Waals surface area contributed by atoms with Crippen molar-refractivity contribution in [3.8, 4) is 0 Å². The zero-order valence-electron chi connectivity index (χ0n) is 22.3. The highest BCUT2D eigenvalue weighted by Crippen LogP contribution is 2.35. The van der Waals surface area contributed by atoms with Gasteiger partial charge >= 0.3 is 11.9 Å². The van der Waals surface area contributed by atoms with Crippen LogP contribution in [0.25, 0.3) is 0 Å². The summed E-state index contributed by atoms with van der Waals surface area (Å²) in [6, 6.07) is 0. The molecule has 0 bridgehead atoms. The van der Waals surface area contributed by atoms with E-state index in [-0.39, 0.29) is 34.6 Å². The Kier molecular flexibility index (Phi) is 10.9. The maximum Gasteiger partial charge on any atom is 0.305 e. The van der Waals surface area contributed by atoms with Gasteiger partial charge in [0, 0.05) is 24.7 Å². The van der Waals surface area contributed by atoms with Gasteiger partial charge in [0.25, 0.3) is 0 Å². The fraction of sp³-hybridized carbons (Fsp3) is 0.667. The van der Waals surface area contributed by atoms with Crippen LogP contribution >= 0.6 is 0 Å². The lowest BCUT2D eigenvalue weighted by molar-refractivity contribution is -0.146. The average molecular weight is 471 g/mol. The molecule has 0 aliphatic heterocycles. The summed E-state index contributed by atoms with van der Waals surface area (Å²) in [6.07, 6.45) is 19.9. The number of ether oxygens (including phenoxy) is 2. The number of allylic oxidation sites excluding steroid dienone is 6. The first kappa shape index (κ1) is 28.1. The molecule has 4 heteroatoms. The van der Waals surface area contributed by atoms with Crippen molar-refractivity contribution in [3.05, 3.63) is 47.6 Å². The molecule has 190 valence electrons. The van der Waals surface area contributed by atoms with Crippen molar-refractivity contribution in [2.75, 3.05) is 13.2 Å². The van der Waals surface area contributed by atoms with Gasteiger partial charge in [0.15, 0.2) is 0 Å². The molecule has 0 radical (unpaired) electrons. The van der Waals surface area contributed by atoms with Crippen molar-refractivity contribution in [1.29, 1.82) is 0 Å². The van der Waals surface area contributed by atoms with Gasteiger partial charge in [-0.2, -0.15) is 0 Å². The van der Waals surface area contributed by atoms with Gasteiger partial charge < -0.3 is 9.47 Å². The van der Waals surface area contributed by atoms with Crippen LogP contribution in [-0.2, 0) is 19.1 Å². The zero-order chi connectivity index (χ0) is 25.2. The maximum atomic E-state index is 12.1. The molecular weight excluding hydrogens is 424 g/mol. The van der Waals surface area contributed by atoms with Gasteiger partial charge in [-0.15, -0.1) is 0 Å². The van der Waals surface area contributed by atoms with Crippen LogP contribution < -0.4 is 0 Å². The molecule has 4 nitrogen and oxygen atoms in total. The second-order valence-corrected chi connectivity index (χ2v) is 11.3. The molecule has 0 heterocycles.